The quantitative estimate of drug-likeness (QED) is 0.317. The van der Waals surface area contributed by atoms with E-state index >= 15 is 0 Å². The van der Waals surface area contributed by atoms with E-state index in [2.05, 4.69) is 10.3 Å². The van der Waals surface area contributed by atoms with Gasteiger partial charge >= 0.3 is 0 Å². The van der Waals surface area contributed by atoms with E-state index in [1.165, 1.54) is 6.07 Å². The number of carbonyl (C=O) groups is 1. The lowest BCUT2D eigenvalue weighted by Gasteiger charge is -2.28. The fourth-order valence-electron chi connectivity index (χ4n) is 4.13. The second-order valence-corrected chi connectivity index (χ2v) is 8.03. The highest BCUT2D eigenvalue weighted by Gasteiger charge is 2.23. The van der Waals surface area contributed by atoms with Gasteiger partial charge in [0.25, 0.3) is 11.6 Å². The van der Waals surface area contributed by atoms with Gasteiger partial charge in [-0.15, -0.1) is 0 Å². The standard InChI is InChI=1S/C25H22N4O4/c30-24(18-9-11-21(22(15-18)29(31)32)28-13-5-2-6-14-28)26-19-10-12-23-20(16-19)27-25(33-23)17-7-3-1-4-8-17/h1,3-4,7-12,15-16H,2,5-6,13-14H2,(H,26,30). The zero-order chi connectivity index (χ0) is 22.8. The Morgan fingerprint density at radius 2 is 1.79 bits per heavy atom. The normalized spacial score (nSPS) is 13.8. The number of benzene rings is 3. The fourth-order valence-corrected chi connectivity index (χ4v) is 4.13. The Bertz CT molecular complexity index is 1330. The fraction of sp³-hybridized carbons (Fsp3) is 0.200. The van der Waals surface area contributed by atoms with Crippen LogP contribution < -0.4 is 10.2 Å². The summed E-state index contributed by atoms with van der Waals surface area (Å²) in [5, 5.41) is 14.5. The van der Waals surface area contributed by atoms with E-state index in [0.29, 0.717) is 28.4 Å². The van der Waals surface area contributed by atoms with Crippen LogP contribution in [0.4, 0.5) is 17.1 Å². The van der Waals surface area contributed by atoms with Crippen LogP contribution in [0.15, 0.2) is 71.1 Å². The van der Waals surface area contributed by atoms with Gasteiger partial charge in [0.05, 0.1) is 4.92 Å². The summed E-state index contributed by atoms with van der Waals surface area (Å²) < 4.78 is 5.81. The number of nitro groups is 1. The molecule has 0 spiro atoms. The van der Waals surface area contributed by atoms with Gasteiger partial charge in [-0.05, 0) is 61.7 Å². The number of aromatic nitrogens is 1. The Kier molecular flexibility index (Phi) is 5.48. The summed E-state index contributed by atoms with van der Waals surface area (Å²) in [6, 6.07) is 19.4. The van der Waals surface area contributed by atoms with E-state index < -0.39 is 10.8 Å². The molecule has 8 heteroatoms. The number of fused-ring (bicyclic) bond motifs is 1. The third kappa shape index (κ3) is 4.27. The van der Waals surface area contributed by atoms with Crippen molar-refractivity contribution in [3.05, 3.63) is 82.4 Å². The van der Waals surface area contributed by atoms with Crippen molar-refractivity contribution in [1.82, 2.24) is 4.98 Å². The summed E-state index contributed by atoms with van der Waals surface area (Å²) in [5.74, 6) is 0.0763. The van der Waals surface area contributed by atoms with Gasteiger partial charge in [0, 0.05) is 36.0 Å². The average Bonchev–Trinajstić information content (AvgIpc) is 3.28. The van der Waals surface area contributed by atoms with Crippen LogP contribution in [0.1, 0.15) is 29.6 Å². The minimum absolute atomic E-state index is 0.0518. The van der Waals surface area contributed by atoms with E-state index in [9.17, 15) is 14.9 Å². The maximum Gasteiger partial charge on any atom is 0.293 e. The Balaban J connectivity index is 1.38. The first kappa shape index (κ1) is 20.7. The molecule has 0 aliphatic carbocycles. The van der Waals surface area contributed by atoms with Crippen molar-refractivity contribution < 1.29 is 14.1 Å². The van der Waals surface area contributed by atoms with Crippen molar-refractivity contribution in [2.45, 2.75) is 19.3 Å². The van der Waals surface area contributed by atoms with Gasteiger partial charge in [-0.2, -0.15) is 0 Å². The lowest BCUT2D eigenvalue weighted by molar-refractivity contribution is -0.384. The third-order valence-corrected chi connectivity index (χ3v) is 5.80. The highest BCUT2D eigenvalue weighted by Crippen LogP contribution is 2.32. The molecule has 1 aliphatic heterocycles. The van der Waals surface area contributed by atoms with Crippen LogP contribution in [-0.2, 0) is 0 Å². The van der Waals surface area contributed by atoms with Gasteiger partial charge in [-0.25, -0.2) is 4.98 Å². The second kappa shape index (κ2) is 8.74. The molecule has 33 heavy (non-hydrogen) atoms. The van der Waals surface area contributed by atoms with Crippen molar-refractivity contribution in [2.24, 2.45) is 0 Å². The van der Waals surface area contributed by atoms with Crippen LogP contribution in [0, 0.1) is 10.1 Å². The third-order valence-electron chi connectivity index (χ3n) is 5.80. The molecule has 8 nitrogen and oxygen atoms in total. The summed E-state index contributed by atoms with van der Waals surface area (Å²) >= 11 is 0. The van der Waals surface area contributed by atoms with Crippen molar-refractivity contribution in [2.75, 3.05) is 23.3 Å². The molecule has 1 N–H and O–H groups in total. The number of nitrogens with zero attached hydrogens (tertiary/aromatic N) is 3. The van der Waals surface area contributed by atoms with Gasteiger partial charge in [0.15, 0.2) is 5.58 Å². The maximum atomic E-state index is 12.8. The first-order chi connectivity index (χ1) is 16.1. The highest BCUT2D eigenvalue weighted by molar-refractivity contribution is 6.05. The summed E-state index contributed by atoms with van der Waals surface area (Å²) in [6.07, 6.45) is 3.15. The first-order valence-electron chi connectivity index (χ1n) is 10.9. The van der Waals surface area contributed by atoms with E-state index in [-0.39, 0.29) is 11.3 Å². The van der Waals surface area contributed by atoms with Gasteiger partial charge in [0.1, 0.15) is 11.2 Å². The summed E-state index contributed by atoms with van der Waals surface area (Å²) in [5.41, 5.74) is 3.35. The van der Waals surface area contributed by atoms with Crippen LogP contribution in [0.2, 0.25) is 0 Å². The molecule has 0 atom stereocenters. The van der Waals surface area contributed by atoms with E-state index in [1.807, 2.05) is 35.2 Å². The number of hydrogen-bond acceptors (Lipinski definition) is 6. The number of hydrogen-bond donors (Lipinski definition) is 1. The summed E-state index contributed by atoms with van der Waals surface area (Å²) in [4.78, 5) is 30.6. The maximum absolute atomic E-state index is 12.8. The molecule has 4 aromatic rings. The molecule has 0 radical (unpaired) electrons. The van der Waals surface area contributed by atoms with Crippen molar-refractivity contribution in [1.29, 1.82) is 0 Å². The Labute approximate surface area is 190 Å². The SMILES string of the molecule is O=C(Nc1ccc2oc(-c3ccccc3)nc2c1)c1ccc(N2CCCCC2)c([N+](=O)[O-])c1. The Morgan fingerprint density at radius 1 is 1.00 bits per heavy atom. The molecule has 166 valence electrons. The van der Waals surface area contributed by atoms with Crippen molar-refractivity contribution in [3.63, 3.8) is 0 Å². The lowest BCUT2D eigenvalue weighted by Crippen LogP contribution is -2.30. The van der Waals surface area contributed by atoms with Crippen LogP contribution >= 0.6 is 0 Å². The molecule has 1 saturated heterocycles. The van der Waals surface area contributed by atoms with E-state index in [0.717, 1.165) is 37.9 Å². The molecular weight excluding hydrogens is 420 g/mol. The van der Waals surface area contributed by atoms with Crippen LogP contribution in [0.5, 0.6) is 0 Å². The van der Waals surface area contributed by atoms with Crippen LogP contribution in [-0.4, -0.2) is 28.9 Å². The smallest absolute Gasteiger partial charge is 0.293 e. The first-order valence-corrected chi connectivity index (χ1v) is 10.9. The Morgan fingerprint density at radius 3 is 2.55 bits per heavy atom. The van der Waals surface area contributed by atoms with E-state index in [1.54, 1.807) is 30.3 Å². The molecule has 0 unspecified atom stereocenters. The number of carbonyl (C=O) groups excluding carboxylic acids is 1. The average molecular weight is 442 g/mol. The molecule has 2 heterocycles. The monoisotopic (exact) mass is 442 g/mol. The van der Waals surface area contributed by atoms with E-state index in [4.69, 9.17) is 4.42 Å². The van der Waals surface area contributed by atoms with Crippen LogP contribution in [0.3, 0.4) is 0 Å². The topological polar surface area (TPSA) is 102 Å². The molecule has 1 aliphatic rings. The molecule has 5 rings (SSSR count). The van der Waals surface area contributed by atoms with Crippen LogP contribution in [0.25, 0.3) is 22.6 Å². The molecule has 0 saturated carbocycles. The minimum Gasteiger partial charge on any atom is -0.436 e. The molecule has 1 aromatic heterocycles. The largest absolute Gasteiger partial charge is 0.436 e. The lowest BCUT2D eigenvalue weighted by atomic mass is 10.1. The van der Waals surface area contributed by atoms with Crippen molar-refractivity contribution in [3.8, 4) is 11.5 Å². The predicted octanol–water partition coefficient (Wildman–Crippen LogP) is 5.65. The Hall–Kier alpha value is -4.20. The number of nitrogens with one attached hydrogen (secondary N) is 1. The zero-order valence-electron chi connectivity index (χ0n) is 17.9. The minimum atomic E-state index is -0.423. The summed E-state index contributed by atoms with van der Waals surface area (Å²) in [6.45, 7) is 1.57. The second-order valence-electron chi connectivity index (χ2n) is 8.03. The number of anilines is 2. The number of amides is 1. The number of rotatable bonds is 5. The number of nitro benzene ring substituents is 1. The van der Waals surface area contributed by atoms with Gasteiger partial charge in [-0.1, -0.05) is 18.2 Å². The van der Waals surface area contributed by atoms with Gasteiger partial charge in [-0.3, -0.25) is 14.9 Å². The molecule has 0 bridgehead atoms. The summed E-state index contributed by atoms with van der Waals surface area (Å²) in [7, 11) is 0. The molecule has 1 fully saturated rings. The van der Waals surface area contributed by atoms with Gasteiger partial charge < -0.3 is 14.6 Å². The molecule has 1 amide bonds. The molecule has 3 aromatic carbocycles. The number of oxazole rings is 1. The highest BCUT2D eigenvalue weighted by atomic mass is 16.6. The number of piperidine rings is 1. The van der Waals surface area contributed by atoms with Gasteiger partial charge in [0.2, 0.25) is 5.89 Å². The predicted molar refractivity (Wildman–Crippen MR) is 127 cm³/mol. The molecular formula is C25H22N4O4. The zero-order valence-corrected chi connectivity index (χ0v) is 17.9. The van der Waals surface area contributed by atoms with Crippen molar-refractivity contribution >= 4 is 34.1 Å².